The van der Waals surface area contributed by atoms with Crippen molar-refractivity contribution in [2.24, 2.45) is 0 Å². The van der Waals surface area contributed by atoms with Gasteiger partial charge >= 0.3 is 0 Å². The second kappa shape index (κ2) is 7.85. The summed E-state index contributed by atoms with van der Waals surface area (Å²) >= 11 is 0. The zero-order chi connectivity index (χ0) is 15.9. The van der Waals surface area contributed by atoms with E-state index in [9.17, 15) is 0 Å². The smallest absolute Gasteiger partial charge is 0.166 e. The summed E-state index contributed by atoms with van der Waals surface area (Å²) in [5, 5.41) is 3.54. The van der Waals surface area contributed by atoms with Crippen molar-refractivity contribution in [1.82, 2.24) is 5.32 Å². The van der Waals surface area contributed by atoms with Crippen molar-refractivity contribution in [2.45, 2.75) is 39.5 Å². The zero-order valence-electron chi connectivity index (χ0n) is 13.8. The molecule has 0 saturated carbocycles. The molecule has 0 fully saturated rings. The lowest BCUT2D eigenvalue weighted by Gasteiger charge is -2.19. The van der Waals surface area contributed by atoms with Gasteiger partial charge in [-0.2, -0.15) is 0 Å². The van der Waals surface area contributed by atoms with Crippen molar-refractivity contribution in [3.8, 4) is 11.5 Å². The van der Waals surface area contributed by atoms with Gasteiger partial charge in [0.05, 0.1) is 13.2 Å². The number of methoxy groups -OCH3 is 1. The summed E-state index contributed by atoms with van der Waals surface area (Å²) in [6.45, 7) is 6.94. The second-order valence-corrected chi connectivity index (χ2v) is 5.63. The predicted octanol–water partition coefficient (Wildman–Crippen LogP) is 4.33. The molecule has 0 aromatic heterocycles. The van der Waals surface area contributed by atoms with Crippen molar-refractivity contribution in [3.05, 3.63) is 59.7 Å². The summed E-state index contributed by atoms with van der Waals surface area (Å²) in [6, 6.07) is 16.7. The Hall–Kier alpha value is -2.00. The zero-order valence-corrected chi connectivity index (χ0v) is 13.8. The molecule has 2 aromatic rings. The van der Waals surface area contributed by atoms with Crippen molar-refractivity contribution >= 4 is 0 Å². The number of nitrogens with one attached hydrogen (secondary N) is 1. The molecule has 0 bridgehead atoms. The maximum absolute atomic E-state index is 5.94. The third-order valence-corrected chi connectivity index (χ3v) is 3.53. The van der Waals surface area contributed by atoms with Gasteiger partial charge in [0.25, 0.3) is 0 Å². The lowest BCUT2D eigenvalue weighted by atomic mass is 10.1. The van der Waals surface area contributed by atoms with E-state index >= 15 is 0 Å². The fraction of sp³-hybridized carbons (Fsp3) is 0.368. The van der Waals surface area contributed by atoms with E-state index in [4.69, 9.17) is 9.47 Å². The van der Waals surface area contributed by atoms with Gasteiger partial charge in [-0.25, -0.2) is 0 Å². The Kier molecular flexibility index (Phi) is 5.84. The molecule has 2 aromatic carbocycles. The molecule has 118 valence electrons. The van der Waals surface area contributed by atoms with Gasteiger partial charge in [0, 0.05) is 18.2 Å². The summed E-state index contributed by atoms with van der Waals surface area (Å²) in [7, 11) is 1.67. The van der Waals surface area contributed by atoms with Crippen LogP contribution in [0.4, 0.5) is 0 Å². The fourth-order valence-corrected chi connectivity index (χ4v) is 2.35. The van der Waals surface area contributed by atoms with Gasteiger partial charge in [-0.05, 0) is 32.4 Å². The van der Waals surface area contributed by atoms with Crippen LogP contribution < -0.4 is 14.8 Å². The van der Waals surface area contributed by atoms with Gasteiger partial charge in [-0.15, -0.1) is 0 Å². The Morgan fingerprint density at radius 2 is 1.68 bits per heavy atom. The van der Waals surface area contributed by atoms with Crippen LogP contribution in [0.25, 0.3) is 0 Å². The van der Waals surface area contributed by atoms with Crippen molar-refractivity contribution in [1.29, 1.82) is 0 Å². The molecule has 0 amide bonds. The highest BCUT2D eigenvalue weighted by atomic mass is 16.5. The Bertz CT molecular complexity index is 581. The minimum Gasteiger partial charge on any atom is -0.493 e. The molecule has 2 rings (SSSR count). The molecule has 22 heavy (non-hydrogen) atoms. The average molecular weight is 299 g/mol. The Morgan fingerprint density at radius 3 is 2.32 bits per heavy atom. The summed E-state index contributed by atoms with van der Waals surface area (Å²) in [5.74, 6) is 1.60. The van der Waals surface area contributed by atoms with Gasteiger partial charge in [0.15, 0.2) is 11.5 Å². The number of hydrogen-bond donors (Lipinski definition) is 1. The molecule has 0 saturated heterocycles. The molecule has 0 spiro atoms. The van der Waals surface area contributed by atoms with E-state index in [-0.39, 0.29) is 12.1 Å². The number of benzene rings is 2. The molecular formula is C19H25NO2. The van der Waals surface area contributed by atoms with Gasteiger partial charge in [-0.1, -0.05) is 42.5 Å². The lowest BCUT2D eigenvalue weighted by Crippen LogP contribution is -2.19. The van der Waals surface area contributed by atoms with Crippen LogP contribution in [0.15, 0.2) is 48.5 Å². The van der Waals surface area contributed by atoms with Crippen molar-refractivity contribution in [3.63, 3.8) is 0 Å². The molecule has 1 atom stereocenters. The van der Waals surface area contributed by atoms with E-state index < -0.39 is 0 Å². The minimum absolute atomic E-state index is 0.113. The van der Waals surface area contributed by atoms with Gasteiger partial charge in [-0.3, -0.25) is 0 Å². The number of rotatable bonds is 7. The van der Waals surface area contributed by atoms with E-state index in [0.29, 0.717) is 0 Å². The van der Waals surface area contributed by atoms with Gasteiger partial charge < -0.3 is 14.8 Å². The standard InChI is InChI=1S/C19H25NO2/c1-14(2)22-19-17(11-8-12-18(19)21-4)13-20-15(3)16-9-6-5-7-10-16/h5-12,14-15,20H,13H2,1-4H3. The third kappa shape index (κ3) is 4.25. The Morgan fingerprint density at radius 1 is 0.955 bits per heavy atom. The molecule has 0 aliphatic rings. The number of hydrogen-bond acceptors (Lipinski definition) is 3. The highest BCUT2D eigenvalue weighted by Crippen LogP contribution is 2.32. The first-order valence-corrected chi connectivity index (χ1v) is 7.72. The maximum atomic E-state index is 5.94. The van der Waals surface area contributed by atoms with E-state index in [0.717, 1.165) is 23.6 Å². The van der Waals surface area contributed by atoms with Crippen LogP contribution in [0.2, 0.25) is 0 Å². The minimum atomic E-state index is 0.113. The Balaban J connectivity index is 2.12. The first-order valence-electron chi connectivity index (χ1n) is 7.72. The molecular weight excluding hydrogens is 274 g/mol. The molecule has 0 heterocycles. The Labute approximate surface area is 133 Å². The summed E-state index contributed by atoms with van der Waals surface area (Å²) < 4.78 is 11.4. The largest absolute Gasteiger partial charge is 0.493 e. The van der Waals surface area contributed by atoms with E-state index in [1.54, 1.807) is 7.11 Å². The van der Waals surface area contributed by atoms with Crippen LogP contribution >= 0.6 is 0 Å². The second-order valence-electron chi connectivity index (χ2n) is 5.63. The van der Waals surface area contributed by atoms with Crippen LogP contribution in [0.1, 0.15) is 37.9 Å². The molecule has 3 nitrogen and oxygen atoms in total. The van der Waals surface area contributed by atoms with Crippen LogP contribution in [-0.2, 0) is 6.54 Å². The monoisotopic (exact) mass is 299 g/mol. The molecule has 1 unspecified atom stereocenters. The topological polar surface area (TPSA) is 30.5 Å². The van der Waals surface area contributed by atoms with E-state index in [2.05, 4.69) is 42.6 Å². The van der Waals surface area contributed by atoms with Gasteiger partial charge in [0.1, 0.15) is 0 Å². The molecule has 3 heteroatoms. The molecule has 0 radical (unpaired) electrons. The highest BCUT2D eigenvalue weighted by molar-refractivity contribution is 5.46. The van der Waals surface area contributed by atoms with Crippen LogP contribution in [0.5, 0.6) is 11.5 Å². The van der Waals surface area contributed by atoms with Crippen molar-refractivity contribution < 1.29 is 9.47 Å². The predicted molar refractivity (Wildman–Crippen MR) is 90.5 cm³/mol. The van der Waals surface area contributed by atoms with Crippen LogP contribution in [0.3, 0.4) is 0 Å². The first kappa shape index (κ1) is 16.4. The quantitative estimate of drug-likeness (QED) is 0.825. The summed E-state index contributed by atoms with van der Waals surface area (Å²) in [5.41, 5.74) is 2.38. The van der Waals surface area contributed by atoms with E-state index in [1.807, 2.05) is 32.0 Å². The van der Waals surface area contributed by atoms with Crippen molar-refractivity contribution in [2.75, 3.05) is 7.11 Å². The molecule has 0 aliphatic heterocycles. The lowest BCUT2D eigenvalue weighted by molar-refractivity contribution is 0.227. The van der Waals surface area contributed by atoms with Gasteiger partial charge in [0.2, 0.25) is 0 Å². The highest BCUT2D eigenvalue weighted by Gasteiger charge is 2.13. The maximum Gasteiger partial charge on any atom is 0.166 e. The normalized spacial score (nSPS) is 12.2. The first-order chi connectivity index (χ1) is 10.6. The number of ether oxygens (including phenoxy) is 2. The average Bonchev–Trinajstić information content (AvgIpc) is 2.53. The van der Waals surface area contributed by atoms with Crippen LogP contribution in [-0.4, -0.2) is 13.2 Å². The fourth-order valence-electron chi connectivity index (χ4n) is 2.35. The molecule has 0 aliphatic carbocycles. The number of para-hydroxylation sites is 1. The third-order valence-electron chi connectivity index (χ3n) is 3.53. The van der Waals surface area contributed by atoms with Crippen LogP contribution in [0, 0.1) is 0 Å². The summed E-state index contributed by atoms with van der Waals surface area (Å²) in [6.07, 6.45) is 0.113. The SMILES string of the molecule is COc1cccc(CNC(C)c2ccccc2)c1OC(C)C. The molecule has 1 N–H and O–H groups in total. The summed E-state index contributed by atoms with van der Waals surface area (Å²) in [4.78, 5) is 0. The van der Waals surface area contributed by atoms with E-state index in [1.165, 1.54) is 5.56 Å².